The lowest BCUT2D eigenvalue weighted by Crippen LogP contribution is -2.15. The van der Waals surface area contributed by atoms with E-state index in [4.69, 9.17) is 4.74 Å². The fraction of sp³-hybridized carbons (Fsp3) is 0.462. The molecule has 1 N–H and O–H groups in total. The van der Waals surface area contributed by atoms with Gasteiger partial charge in [-0.3, -0.25) is 4.79 Å². The number of esters is 1. The van der Waals surface area contributed by atoms with Crippen LogP contribution >= 0.6 is 0 Å². The van der Waals surface area contributed by atoms with Gasteiger partial charge in [0.25, 0.3) is 0 Å². The van der Waals surface area contributed by atoms with Gasteiger partial charge in [-0.2, -0.15) is 0 Å². The number of carbonyl (C=O) groups is 1. The molecule has 3 heteroatoms. The molecule has 0 amide bonds. The molecule has 0 unspecified atom stereocenters. The Morgan fingerprint density at radius 3 is 2.81 bits per heavy atom. The summed E-state index contributed by atoms with van der Waals surface area (Å²) >= 11 is 0. The normalized spacial score (nSPS) is 10.2. The number of carbonyl (C=O) groups excluding carboxylic acids is 1. The van der Waals surface area contributed by atoms with Crippen LogP contribution in [0.3, 0.4) is 0 Å². The number of ether oxygens (including phenoxy) is 1. The maximum Gasteiger partial charge on any atom is 0.307 e. The van der Waals surface area contributed by atoms with E-state index in [9.17, 15) is 4.79 Å². The summed E-state index contributed by atoms with van der Waals surface area (Å²) in [5.74, 6) is -0.157. The fourth-order valence-corrected chi connectivity index (χ4v) is 1.41. The zero-order valence-corrected chi connectivity index (χ0v) is 10.2. The Labute approximate surface area is 96.8 Å². The molecule has 88 valence electrons. The average Bonchev–Trinajstić information content (AvgIpc) is 2.27. The molecule has 3 nitrogen and oxygen atoms in total. The van der Waals surface area contributed by atoms with Crippen molar-refractivity contribution in [3.63, 3.8) is 0 Å². The summed E-state index contributed by atoms with van der Waals surface area (Å²) < 4.78 is 5.19. The van der Waals surface area contributed by atoms with E-state index >= 15 is 0 Å². The van der Waals surface area contributed by atoms with Crippen LogP contribution in [0.15, 0.2) is 18.2 Å². The summed E-state index contributed by atoms with van der Waals surface area (Å²) in [6.07, 6.45) is 0.418. The number of hydrogen-bond acceptors (Lipinski definition) is 3. The fourth-order valence-electron chi connectivity index (χ4n) is 1.41. The van der Waals surface area contributed by atoms with E-state index in [1.807, 2.05) is 27.0 Å². The molecule has 0 fully saturated rings. The molecule has 0 atom stereocenters. The maximum atomic E-state index is 11.3. The van der Waals surface area contributed by atoms with Gasteiger partial charge in [0.2, 0.25) is 0 Å². The van der Waals surface area contributed by atoms with E-state index in [-0.39, 0.29) is 5.97 Å². The summed E-state index contributed by atoms with van der Waals surface area (Å²) in [4.78, 5) is 11.3. The first kappa shape index (κ1) is 12.7. The SMILES string of the molecule is CNCCC(=O)OCc1cc(C)ccc1C. The predicted molar refractivity (Wildman–Crippen MR) is 64.3 cm³/mol. The molecular formula is C13H19NO2. The van der Waals surface area contributed by atoms with Crippen molar-refractivity contribution in [2.45, 2.75) is 26.9 Å². The molecule has 0 spiro atoms. The van der Waals surface area contributed by atoms with Gasteiger partial charge in [0, 0.05) is 6.54 Å². The molecule has 0 aliphatic rings. The van der Waals surface area contributed by atoms with Gasteiger partial charge in [0.1, 0.15) is 6.61 Å². The Balaban J connectivity index is 2.47. The Morgan fingerprint density at radius 2 is 2.12 bits per heavy atom. The van der Waals surface area contributed by atoms with Crippen LogP contribution < -0.4 is 5.32 Å². The zero-order valence-electron chi connectivity index (χ0n) is 10.2. The van der Waals surface area contributed by atoms with Crippen LogP contribution in [0, 0.1) is 13.8 Å². The highest BCUT2D eigenvalue weighted by molar-refractivity contribution is 5.69. The van der Waals surface area contributed by atoms with Gasteiger partial charge in [-0.15, -0.1) is 0 Å². The molecule has 0 aliphatic carbocycles. The first-order valence-electron chi connectivity index (χ1n) is 5.50. The highest BCUT2D eigenvalue weighted by Crippen LogP contribution is 2.11. The first-order valence-corrected chi connectivity index (χ1v) is 5.50. The van der Waals surface area contributed by atoms with E-state index in [1.54, 1.807) is 0 Å². The summed E-state index contributed by atoms with van der Waals surface area (Å²) in [6.45, 7) is 5.09. The summed E-state index contributed by atoms with van der Waals surface area (Å²) in [5, 5.41) is 2.92. The smallest absolute Gasteiger partial charge is 0.307 e. The van der Waals surface area contributed by atoms with Gasteiger partial charge in [-0.1, -0.05) is 23.8 Å². The molecule has 1 rings (SSSR count). The summed E-state index contributed by atoms with van der Waals surface area (Å²) in [7, 11) is 1.82. The topological polar surface area (TPSA) is 38.3 Å². The van der Waals surface area contributed by atoms with Crippen molar-refractivity contribution >= 4 is 5.97 Å². The largest absolute Gasteiger partial charge is 0.461 e. The van der Waals surface area contributed by atoms with Crippen LogP contribution in [0.5, 0.6) is 0 Å². The number of rotatable bonds is 5. The average molecular weight is 221 g/mol. The van der Waals surface area contributed by atoms with Crippen molar-refractivity contribution in [2.75, 3.05) is 13.6 Å². The molecular weight excluding hydrogens is 202 g/mol. The third-order valence-electron chi connectivity index (χ3n) is 2.47. The Bertz CT molecular complexity index is 361. The number of benzene rings is 1. The molecule has 0 radical (unpaired) electrons. The van der Waals surface area contributed by atoms with Crippen LogP contribution in [0.4, 0.5) is 0 Å². The van der Waals surface area contributed by atoms with Crippen LogP contribution in [0.1, 0.15) is 23.1 Å². The maximum absolute atomic E-state index is 11.3. The third-order valence-corrected chi connectivity index (χ3v) is 2.47. The molecule has 16 heavy (non-hydrogen) atoms. The lowest BCUT2D eigenvalue weighted by molar-refractivity contribution is -0.144. The molecule has 0 saturated heterocycles. The van der Waals surface area contributed by atoms with E-state index < -0.39 is 0 Å². The van der Waals surface area contributed by atoms with Gasteiger partial charge < -0.3 is 10.1 Å². The standard InChI is InChI=1S/C13H19NO2/c1-10-4-5-11(2)12(8-10)9-16-13(15)6-7-14-3/h4-5,8,14H,6-7,9H2,1-3H3. The third kappa shape index (κ3) is 4.03. The second kappa shape index (κ2) is 6.28. The van der Waals surface area contributed by atoms with Gasteiger partial charge >= 0.3 is 5.97 Å². The highest BCUT2D eigenvalue weighted by Gasteiger charge is 2.04. The summed E-state index contributed by atoms with van der Waals surface area (Å²) in [6, 6.07) is 6.16. The van der Waals surface area contributed by atoms with E-state index in [2.05, 4.69) is 17.4 Å². The molecule has 0 heterocycles. The monoisotopic (exact) mass is 221 g/mol. The second-order valence-electron chi connectivity index (χ2n) is 3.94. The molecule has 1 aromatic carbocycles. The van der Waals surface area contributed by atoms with E-state index in [0.717, 1.165) is 11.1 Å². The number of hydrogen-bond donors (Lipinski definition) is 1. The highest BCUT2D eigenvalue weighted by atomic mass is 16.5. The van der Waals surface area contributed by atoms with Crippen LogP contribution in [0.2, 0.25) is 0 Å². The Kier molecular flexibility index (Phi) is 4.99. The van der Waals surface area contributed by atoms with Crippen molar-refractivity contribution in [1.82, 2.24) is 5.32 Å². The van der Waals surface area contributed by atoms with E-state index in [0.29, 0.717) is 19.6 Å². The predicted octanol–water partition coefficient (Wildman–Crippen LogP) is 1.96. The quantitative estimate of drug-likeness (QED) is 0.772. The summed E-state index contributed by atoms with van der Waals surface area (Å²) in [5.41, 5.74) is 3.43. The molecule has 0 aromatic heterocycles. The van der Waals surface area contributed by atoms with Gasteiger partial charge in [0.05, 0.1) is 6.42 Å². The molecule has 0 aliphatic heterocycles. The number of aryl methyl sites for hydroxylation is 2. The van der Waals surface area contributed by atoms with Crippen molar-refractivity contribution in [1.29, 1.82) is 0 Å². The lowest BCUT2D eigenvalue weighted by atomic mass is 10.1. The van der Waals surface area contributed by atoms with Crippen molar-refractivity contribution in [3.05, 3.63) is 34.9 Å². The van der Waals surface area contributed by atoms with Crippen molar-refractivity contribution in [2.24, 2.45) is 0 Å². The zero-order chi connectivity index (χ0) is 12.0. The first-order chi connectivity index (χ1) is 7.63. The molecule has 1 aromatic rings. The van der Waals surface area contributed by atoms with E-state index in [1.165, 1.54) is 5.56 Å². The Morgan fingerprint density at radius 1 is 1.38 bits per heavy atom. The molecule has 0 bridgehead atoms. The lowest BCUT2D eigenvalue weighted by Gasteiger charge is -2.08. The second-order valence-corrected chi connectivity index (χ2v) is 3.94. The van der Waals surface area contributed by atoms with Crippen molar-refractivity contribution < 1.29 is 9.53 Å². The minimum absolute atomic E-state index is 0.157. The number of nitrogens with one attached hydrogen (secondary N) is 1. The van der Waals surface area contributed by atoms with Gasteiger partial charge in [-0.05, 0) is 32.0 Å². The van der Waals surface area contributed by atoms with Crippen LogP contribution in [0.25, 0.3) is 0 Å². The molecule has 0 saturated carbocycles. The van der Waals surface area contributed by atoms with Crippen LogP contribution in [-0.4, -0.2) is 19.6 Å². The Hall–Kier alpha value is -1.35. The minimum atomic E-state index is -0.157. The van der Waals surface area contributed by atoms with Gasteiger partial charge in [-0.25, -0.2) is 0 Å². The van der Waals surface area contributed by atoms with Gasteiger partial charge in [0.15, 0.2) is 0 Å². The van der Waals surface area contributed by atoms with Crippen molar-refractivity contribution in [3.8, 4) is 0 Å². The van der Waals surface area contributed by atoms with Crippen LogP contribution in [-0.2, 0) is 16.1 Å². The minimum Gasteiger partial charge on any atom is -0.461 e.